The molecule has 21 heavy (non-hydrogen) atoms. The molecule has 0 saturated heterocycles. The average molecular weight is 326 g/mol. The summed E-state index contributed by atoms with van der Waals surface area (Å²) in [5.74, 6) is -0.556. The lowest BCUT2D eigenvalue weighted by Gasteiger charge is -2.03. The van der Waals surface area contributed by atoms with Crippen LogP contribution in [0.2, 0.25) is 0 Å². The molecular formula is C12H10N2O5S2. The third-order valence-corrected chi connectivity index (χ3v) is 4.18. The summed E-state index contributed by atoms with van der Waals surface area (Å²) in [4.78, 5) is 26.5. The minimum Gasteiger partial charge on any atom is -0.427 e. The second-order valence-corrected chi connectivity index (χ2v) is 6.16. The Hall–Kier alpha value is -2.26. The summed E-state index contributed by atoms with van der Waals surface area (Å²) in [6.07, 6.45) is 1.18. The summed E-state index contributed by atoms with van der Waals surface area (Å²) in [7, 11) is -2.71. The van der Waals surface area contributed by atoms with Crippen LogP contribution in [0.5, 0.6) is 5.75 Å². The molecule has 0 saturated carbocycles. The molecule has 1 amide bonds. The van der Waals surface area contributed by atoms with Crippen LogP contribution >= 0.6 is 11.3 Å². The summed E-state index contributed by atoms with van der Waals surface area (Å²) in [5.41, 5.74) is 0.328. The van der Waals surface area contributed by atoms with Crippen LogP contribution in [-0.2, 0) is 15.5 Å². The van der Waals surface area contributed by atoms with Gasteiger partial charge in [0.1, 0.15) is 9.96 Å². The molecule has 1 N–H and O–H groups in total. The standard InChI is InChI=1S/C12H10N2O5S2/c1-7(15)19-9-4-2-8(3-5-9)11(16)14-12-13-6-10(20-12)21(17)18/h2-6,21H,1H3,(H,13,14,16). The number of thiazole rings is 1. The van der Waals surface area contributed by atoms with Crippen molar-refractivity contribution in [1.29, 1.82) is 0 Å². The fraction of sp³-hybridized carbons (Fsp3) is 0.0833. The Balaban J connectivity index is 2.07. The van der Waals surface area contributed by atoms with Crippen LogP contribution in [0.3, 0.4) is 0 Å². The number of hydrogen-bond acceptors (Lipinski definition) is 7. The monoisotopic (exact) mass is 326 g/mol. The molecule has 7 nitrogen and oxygen atoms in total. The highest BCUT2D eigenvalue weighted by molar-refractivity contribution is 7.75. The van der Waals surface area contributed by atoms with E-state index in [1.54, 1.807) is 0 Å². The first-order valence-corrected chi connectivity index (χ1v) is 7.65. The van der Waals surface area contributed by atoms with Gasteiger partial charge in [0.05, 0.1) is 6.20 Å². The Kier molecular flexibility index (Phi) is 4.66. The molecule has 0 aliphatic rings. The van der Waals surface area contributed by atoms with Crippen LogP contribution in [0.15, 0.2) is 34.7 Å². The highest BCUT2D eigenvalue weighted by atomic mass is 32.2. The molecule has 0 fully saturated rings. The lowest BCUT2D eigenvalue weighted by Crippen LogP contribution is -2.11. The van der Waals surface area contributed by atoms with Crippen LogP contribution < -0.4 is 10.1 Å². The zero-order valence-electron chi connectivity index (χ0n) is 10.7. The molecule has 110 valence electrons. The summed E-state index contributed by atoms with van der Waals surface area (Å²) >= 11 is 0.867. The minimum absolute atomic E-state index is 0.0745. The SMILES string of the molecule is CC(=O)Oc1ccc(C(=O)Nc2ncc([SH](=O)=O)s2)cc1. The van der Waals surface area contributed by atoms with Gasteiger partial charge in [-0.1, -0.05) is 11.3 Å². The molecule has 2 rings (SSSR count). The molecule has 0 bridgehead atoms. The zero-order valence-corrected chi connectivity index (χ0v) is 12.4. The van der Waals surface area contributed by atoms with E-state index in [1.165, 1.54) is 37.4 Å². The van der Waals surface area contributed by atoms with Gasteiger partial charge in [-0.15, -0.1) is 0 Å². The summed E-state index contributed by atoms with van der Waals surface area (Å²) in [6, 6.07) is 5.93. The molecular weight excluding hydrogens is 316 g/mol. The number of hydrogen-bond donors (Lipinski definition) is 2. The lowest BCUT2D eigenvalue weighted by atomic mass is 10.2. The van der Waals surface area contributed by atoms with Gasteiger partial charge in [-0.3, -0.25) is 14.9 Å². The van der Waals surface area contributed by atoms with E-state index in [9.17, 15) is 18.0 Å². The number of nitrogens with one attached hydrogen (secondary N) is 1. The van der Waals surface area contributed by atoms with Gasteiger partial charge in [-0.05, 0) is 24.3 Å². The van der Waals surface area contributed by atoms with Crippen LogP contribution in [0.4, 0.5) is 5.13 Å². The predicted molar refractivity (Wildman–Crippen MR) is 76.4 cm³/mol. The van der Waals surface area contributed by atoms with E-state index in [-0.39, 0.29) is 9.34 Å². The molecule has 9 heteroatoms. The van der Waals surface area contributed by atoms with Crippen molar-refractivity contribution in [1.82, 2.24) is 4.98 Å². The molecule has 1 aromatic carbocycles. The van der Waals surface area contributed by atoms with Gasteiger partial charge < -0.3 is 4.74 Å². The molecule has 0 unspecified atom stereocenters. The number of rotatable bonds is 4. The third-order valence-electron chi connectivity index (χ3n) is 2.27. The number of carbonyl (C=O) groups excluding carboxylic acids is 2. The number of carbonyl (C=O) groups is 2. The van der Waals surface area contributed by atoms with Crippen molar-refractivity contribution in [3.63, 3.8) is 0 Å². The highest BCUT2D eigenvalue weighted by Gasteiger charge is 2.10. The van der Waals surface area contributed by atoms with Crippen molar-refractivity contribution in [2.24, 2.45) is 0 Å². The molecule has 0 aliphatic heterocycles. The van der Waals surface area contributed by atoms with Crippen molar-refractivity contribution in [3.05, 3.63) is 36.0 Å². The number of thiol groups is 1. The summed E-state index contributed by atoms with van der Waals surface area (Å²) in [6.45, 7) is 1.28. The summed E-state index contributed by atoms with van der Waals surface area (Å²) < 4.78 is 26.4. The Bertz CT molecular complexity index is 741. The highest BCUT2D eigenvalue weighted by Crippen LogP contribution is 2.20. The van der Waals surface area contributed by atoms with E-state index in [4.69, 9.17) is 4.74 Å². The number of amides is 1. The predicted octanol–water partition coefficient (Wildman–Crippen LogP) is 1.29. The molecule has 0 atom stereocenters. The smallest absolute Gasteiger partial charge is 0.308 e. The van der Waals surface area contributed by atoms with Gasteiger partial charge in [0.15, 0.2) is 15.8 Å². The van der Waals surface area contributed by atoms with Gasteiger partial charge in [0.2, 0.25) is 0 Å². The van der Waals surface area contributed by atoms with E-state index in [1.807, 2.05) is 0 Å². The van der Waals surface area contributed by atoms with Crippen molar-refractivity contribution < 1.29 is 22.7 Å². The maximum atomic E-state index is 11.9. The Morgan fingerprint density at radius 2 is 1.90 bits per heavy atom. The normalized spacial score (nSPS) is 10.4. The van der Waals surface area contributed by atoms with Gasteiger partial charge >= 0.3 is 5.97 Å². The zero-order chi connectivity index (χ0) is 15.4. The Labute approximate surface area is 125 Å². The minimum atomic E-state index is -2.71. The number of anilines is 1. The fourth-order valence-electron chi connectivity index (χ4n) is 1.42. The molecule has 2 aromatic rings. The molecule has 0 aliphatic carbocycles. The van der Waals surface area contributed by atoms with Gasteiger partial charge in [-0.2, -0.15) is 0 Å². The Morgan fingerprint density at radius 3 is 2.43 bits per heavy atom. The molecule has 0 spiro atoms. The second-order valence-electron chi connectivity index (χ2n) is 3.83. The Morgan fingerprint density at radius 1 is 1.24 bits per heavy atom. The van der Waals surface area contributed by atoms with E-state index in [0.717, 1.165) is 11.3 Å². The maximum Gasteiger partial charge on any atom is 0.308 e. The van der Waals surface area contributed by atoms with E-state index >= 15 is 0 Å². The largest absolute Gasteiger partial charge is 0.427 e. The number of benzene rings is 1. The van der Waals surface area contributed by atoms with Crippen molar-refractivity contribution in [2.45, 2.75) is 11.1 Å². The average Bonchev–Trinajstić information content (AvgIpc) is 2.87. The van der Waals surface area contributed by atoms with Gasteiger partial charge in [0, 0.05) is 12.5 Å². The lowest BCUT2D eigenvalue weighted by molar-refractivity contribution is -0.131. The third kappa shape index (κ3) is 4.10. The first-order valence-electron chi connectivity index (χ1n) is 5.66. The van der Waals surface area contributed by atoms with E-state index < -0.39 is 22.6 Å². The number of esters is 1. The quantitative estimate of drug-likeness (QED) is 0.499. The van der Waals surface area contributed by atoms with Gasteiger partial charge in [-0.25, -0.2) is 13.4 Å². The van der Waals surface area contributed by atoms with E-state index in [0.29, 0.717) is 11.3 Å². The topological polar surface area (TPSA) is 102 Å². The first-order chi connectivity index (χ1) is 9.95. The van der Waals surface area contributed by atoms with E-state index in [2.05, 4.69) is 10.3 Å². The number of nitrogens with zero attached hydrogens (tertiary/aromatic N) is 1. The first kappa shape index (κ1) is 15.1. The second kappa shape index (κ2) is 6.46. The van der Waals surface area contributed by atoms with Crippen molar-refractivity contribution >= 4 is 39.0 Å². The van der Waals surface area contributed by atoms with Crippen LogP contribution in [-0.4, -0.2) is 25.3 Å². The van der Waals surface area contributed by atoms with Crippen molar-refractivity contribution in [3.8, 4) is 5.75 Å². The van der Waals surface area contributed by atoms with Gasteiger partial charge in [0.25, 0.3) is 5.91 Å². The number of ether oxygens (including phenoxy) is 1. The van der Waals surface area contributed by atoms with Crippen LogP contribution in [0.25, 0.3) is 0 Å². The molecule has 0 radical (unpaired) electrons. The maximum absolute atomic E-state index is 11.9. The summed E-state index contributed by atoms with van der Waals surface area (Å²) in [5, 5.41) is 2.68. The van der Waals surface area contributed by atoms with Crippen LogP contribution in [0, 0.1) is 0 Å². The molecule has 1 heterocycles. The molecule has 1 aromatic heterocycles. The van der Waals surface area contributed by atoms with Crippen LogP contribution in [0.1, 0.15) is 17.3 Å². The number of aromatic nitrogens is 1. The van der Waals surface area contributed by atoms with Crippen molar-refractivity contribution in [2.75, 3.05) is 5.32 Å². The fourth-order valence-corrected chi connectivity index (χ4v) is 2.68.